The molecule has 1 heterocycles. The average Bonchev–Trinajstić information content (AvgIpc) is 3.09. The molecule has 0 fully saturated rings. The molecule has 0 radical (unpaired) electrons. The number of urea groups is 1. The van der Waals surface area contributed by atoms with Crippen molar-refractivity contribution in [1.29, 1.82) is 0 Å². The monoisotopic (exact) mass is 768 g/mol. The summed E-state index contributed by atoms with van der Waals surface area (Å²) in [5.41, 5.74) is -0.434. The second kappa shape index (κ2) is 17.8. The van der Waals surface area contributed by atoms with E-state index >= 15 is 0 Å². The predicted molar refractivity (Wildman–Crippen MR) is 192 cm³/mol. The molecule has 0 unspecified atom stereocenters. The number of halogens is 4. The van der Waals surface area contributed by atoms with Gasteiger partial charge in [0.2, 0.25) is 10.0 Å². The third kappa shape index (κ3) is 10.8. The van der Waals surface area contributed by atoms with Crippen LogP contribution in [-0.2, 0) is 20.9 Å². The van der Waals surface area contributed by atoms with Gasteiger partial charge in [-0.1, -0.05) is 18.5 Å². The quantitative estimate of drug-likeness (QED) is 0.222. The lowest BCUT2D eigenvalue weighted by atomic mass is 10.0. The molecule has 3 amide bonds. The fraction of sp³-hybridized carbons (Fsp3) is 0.444. The summed E-state index contributed by atoms with van der Waals surface area (Å²) in [6.45, 7) is 5.40. The molecule has 0 aliphatic carbocycles. The average molecular weight is 769 g/mol. The Balaban J connectivity index is 1.60. The van der Waals surface area contributed by atoms with E-state index in [2.05, 4.69) is 10.6 Å². The van der Waals surface area contributed by atoms with Gasteiger partial charge in [0.25, 0.3) is 5.91 Å². The normalized spacial score (nSPS) is 20.0. The van der Waals surface area contributed by atoms with E-state index in [0.717, 1.165) is 30.7 Å². The Kier molecular flexibility index (Phi) is 14.0. The van der Waals surface area contributed by atoms with Gasteiger partial charge in [-0.15, -0.1) is 0 Å². The van der Waals surface area contributed by atoms with Crippen LogP contribution in [0.1, 0.15) is 56.0 Å². The van der Waals surface area contributed by atoms with Crippen LogP contribution in [0.5, 0.6) is 5.75 Å². The molecule has 0 bridgehead atoms. The van der Waals surface area contributed by atoms with Crippen molar-refractivity contribution < 1.29 is 45.8 Å². The molecule has 4 rings (SSSR count). The van der Waals surface area contributed by atoms with E-state index in [4.69, 9.17) is 21.1 Å². The fourth-order valence-corrected chi connectivity index (χ4v) is 6.95. The molecule has 0 aromatic heterocycles. The number of nitrogens with zero attached hydrogens (tertiary/aromatic N) is 2. The van der Waals surface area contributed by atoms with E-state index in [9.17, 15) is 36.3 Å². The molecule has 52 heavy (non-hydrogen) atoms. The van der Waals surface area contributed by atoms with Crippen LogP contribution in [0.3, 0.4) is 0 Å². The number of sulfonamides is 1. The van der Waals surface area contributed by atoms with Crippen LogP contribution >= 0.6 is 11.6 Å². The van der Waals surface area contributed by atoms with Crippen LogP contribution in [0.4, 0.5) is 29.3 Å². The molecule has 3 N–H and O–H groups in total. The predicted octanol–water partition coefficient (Wildman–Crippen LogP) is 7.12. The van der Waals surface area contributed by atoms with Gasteiger partial charge in [0.1, 0.15) is 5.75 Å². The lowest BCUT2D eigenvalue weighted by Crippen LogP contribution is -2.48. The Labute approximate surface area is 307 Å². The van der Waals surface area contributed by atoms with Crippen molar-refractivity contribution in [2.24, 2.45) is 5.92 Å². The number of rotatable bonds is 8. The number of amides is 3. The maximum absolute atomic E-state index is 14.4. The lowest BCUT2D eigenvalue weighted by Gasteiger charge is -2.35. The standard InChI is InChI=1S/C36H44ClF3N4O7S/c1-23-20-44(24(2)22-45)34(46)31-19-29(42-35(47)41-28-12-8-26(9-13-28)36(38,39)40)14-17-32(31)51-25(3)7-5-6-18-50-33(23)21-43(4)52(48,49)30-15-10-27(37)11-16-30/h8-17,19,23-25,33,45H,5-7,18,20-22H2,1-4H3,(H2,41,42,47)/t23-,24+,25-,33-/m0/s1. The summed E-state index contributed by atoms with van der Waals surface area (Å²) in [5.74, 6) is -0.671. The van der Waals surface area contributed by atoms with Crippen molar-refractivity contribution in [1.82, 2.24) is 9.21 Å². The van der Waals surface area contributed by atoms with Crippen LogP contribution in [0.15, 0.2) is 71.6 Å². The Morgan fingerprint density at radius 1 is 1.04 bits per heavy atom. The minimum Gasteiger partial charge on any atom is -0.490 e. The van der Waals surface area contributed by atoms with Gasteiger partial charge in [0.05, 0.1) is 40.9 Å². The molecular weight excluding hydrogens is 725 g/mol. The zero-order valence-electron chi connectivity index (χ0n) is 29.3. The maximum atomic E-state index is 14.4. The van der Waals surface area contributed by atoms with Gasteiger partial charge < -0.3 is 30.1 Å². The Morgan fingerprint density at radius 3 is 2.31 bits per heavy atom. The van der Waals surface area contributed by atoms with Crippen molar-refractivity contribution in [3.05, 3.63) is 82.9 Å². The molecule has 4 atom stereocenters. The van der Waals surface area contributed by atoms with Gasteiger partial charge in [-0.2, -0.15) is 17.5 Å². The summed E-state index contributed by atoms with van der Waals surface area (Å²) >= 11 is 5.97. The summed E-state index contributed by atoms with van der Waals surface area (Å²) in [6, 6.07) is 12.9. The van der Waals surface area contributed by atoms with E-state index in [1.807, 2.05) is 13.8 Å². The first kappa shape index (κ1) is 40.9. The fourth-order valence-electron chi connectivity index (χ4n) is 5.64. The van der Waals surface area contributed by atoms with E-state index in [0.29, 0.717) is 24.5 Å². The zero-order valence-corrected chi connectivity index (χ0v) is 30.9. The van der Waals surface area contributed by atoms with Crippen LogP contribution in [-0.4, -0.2) is 86.3 Å². The summed E-state index contributed by atoms with van der Waals surface area (Å²) < 4.78 is 79.4. The van der Waals surface area contributed by atoms with Gasteiger partial charge in [-0.3, -0.25) is 4.79 Å². The molecule has 0 saturated carbocycles. The van der Waals surface area contributed by atoms with Crippen LogP contribution in [0, 0.1) is 5.92 Å². The van der Waals surface area contributed by atoms with Crippen molar-refractivity contribution >= 4 is 44.9 Å². The highest BCUT2D eigenvalue weighted by Crippen LogP contribution is 2.31. The van der Waals surface area contributed by atoms with Crippen LogP contribution in [0.25, 0.3) is 0 Å². The zero-order chi connectivity index (χ0) is 38.2. The van der Waals surface area contributed by atoms with E-state index in [1.54, 1.807) is 13.0 Å². The highest BCUT2D eigenvalue weighted by atomic mass is 35.5. The number of benzene rings is 3. The van der Waals surface area contributed by atoms with E-state index in [1.165, 1.54) is 52.7 Å². The first-order valence-electron chi connectivity index (χ1n) is 16.8. The SMILES string of the molecule is C[C@H](CO)N1C[C@H](C)[C@H](CN(C)S(=O)(=O)c2ccc(Cl)cc2)OCCCC[C@H](C)Oc2ccc(NC(=O)Nc3ccc(C(F)(F)F)cc3)cc2C1=O. The maximum Gasteiger partial charge on any atom is 0.416 e. The second-order valence-corrected chi connectivity index (χ2v) is 15.4. The third-order valence-electron chi connectivity index (χ3n) is 8.74. The van der Waals surface area contributed by atoms with Crippen LogP contribution < -0.4 is 15.4 Å². The number of hydrogen-bond acceptors (Lipinski definition) is 7. The van der Waals surface area contributed by atoms with Gasteiger partial charge in [-0.25, -0.2) is 13.2 Å². The summed E-state index contributed by atoms with van der Waals surface area (Å²) in [4.78, 5) is 28.7. The van der Waals surface area contributed by atoms with Gasteiger partial charge in [-0.05, 0) is 99.8 Å². The van der Waals surface area contributed by atoms with Gasteiger partial charge >= 0.3 is 12.2 Å². The first-order chi connectivity index (χ1) is 24.5. The highest BCUT2D eigenvalue weighted by molar-refractivity contribution is 7.89. The first-order valence-corrected chi connectivity index (χ1v) is 18.6. The van der Waals surface area contributed by atoms with Crippen molar-refractivity contribution in [2.75, 3.05) is 44.0 Å². The number of aliphatic hydroxyl groups is 1. The van der Waals surface area contributed by atoms with Crippen LogP contribution in [0.2, 0.25) is 5.02 Å². The number of aliphatic hydroxyl groups excluding tert-OH is 1. The highest BCUT2D eigenvalue weighted by Gasteiger charge is 2.33. The van der Waals surface area contributed by atoms with E-state index < -0.39 is 51.8 Å². The van der Waals surface area contributed by atoms with E-state index in [-0.39, 0.29) is 53.4 Å². The lowest BCUT2D eigenvalue weighted by molar-refractivity contribution is -0.137. The second-order valence-electron chi connectivity index (χ2n) is 12.9. The number of fused-ring (bicyclic) bond motifs is 1. The summed E-state index contributed by atoms with van der Waals surface area (Å²) in [7, 11) is -2.44. The van der Waals surface area contributed by atoms with Crippen molar-refractivity contribution in [3.63, 3.8) is 0 Å². The molecule has 3 aromatic carbocycles. The third-order valence-corrected chi connectivity index (χ3v) is 10.8. The Hall–Kier alpha value is -3.89. The number of alkyl halides is 3. The summed E-state index contributed by atoms with van der Waals surface area (Å²) in [6.07, 6.45) is -3.46. The molecular formula is C36H44ClF3N4O7S. The molecule has 3 aromatic rings. The minimum absolute atomic E-state index is 0.0140. The molecule has 1 aliphatic rings. The smallest absolute Gasteiger partial charge is 0.416 e. The Bertz CT molecular complexity index is 1780. The molecule has 1 aliphatic heterocycles. The largest absolute Gasteiger partial charge is 0.490 e. The number of carbonyl (C=O) groups excluding carboxylic acids is 2. The Morgan fingerprint density at radius 2 is 1.67 bits per heavy atom. The van der Waals surface area contributed by atoms with Crippen molar-refractivity contribution in [2.45, 2.75) is 69.4 Å². The number of anilines is 2. The minimum atomic E-state index is -4.52. The molecule has 0 saturated heterocycles. The molecule has 284 valence electrons. The number of carbonyl (C=O) groups is 2. The number of nitrogens with one attached hydrogen (secondary N) is 2. The molecule has 16 heteroatoms. The topological polar surface area (TPSA) is 138 Å². The number of hydrogen-bond donors (Lipinski definition) is 3. The van der Waals surface area contributed by atoms with Gasteiger partial charge in [0.15, 0.2) is 0 Å². The van der Waals surface area contributed by atoms with Gasteiger partial charge in [0, 0.05) is 49.1 Å². The number of likely N-dealkylation sites (N-methyl/N-ethyl adjacent to an activating group) is 1. The summed E-state index contributed by atoms with van der Waals surface area (Å²) in [5, 5.41) is 15.7. The molecule has 11 nitrogen and oxygen atoms in total. The van der Waals surface area contributed by atoms with Crippen molar-refractivity contribution in [3.8, 4) is 5.75 Å². The molecule has 0 spiro atoms. The number of ether oxygens (including phenoxy) is 2.